The average Bonchev–Trinajstić information content (AvgIpc) is 2.33. The number of rotatable bonds is 7. The molecule has 0 aliphatic carbocycles. The molecule has 130 valence electrons. The lowest BCUT2D eigenvalue weighted by atomic mass is 9.95. The van der Waals surface area contributed by atoms with E-state index in [1.165, 1.54) is 0 Å². The molecule has 22 heavy (non-hydrogen) atoms. The largest absolute Gasteiger partial charge is 0.456 e. The Kier molecular flexibility index (Phi) is 5.23. The summed E-state index contributed by atoms with van der Waals surface area (Å²) in [5, 5.41) is 0. The molecule has 0 rings (SSSR count). The summed E-state index contributed by atoms with van der Waals surface area (Å²) < 4.78 is 132. The van der Waals surface area contributed by atoms with Gasteiger partial charge in [0.25, 0.3) is 0 Å². The number of halogens is 10. The molecular weight excluding hydrogens is 342 g/mol. The summed E-state index contributed by atoms with van der Waals surface area (Å²) in [5.74, 6) is -34.4. The smallest absolute Gasteiger partial charge is 0.384 e. The standard InChI is InChI=1S/C10H8F10O2/c1-3-5(21)22-4-7(13,14)9(17,18)10(19,20)8(15,16)6(2,11)12/h3H,1,4H2,2H3. The molecule has 0 radical (unpaired) electrons. The Hall–Kier alpha value is -1.49. The van der Waals surface area contributed by atoms with Crippen molar-refractivity contribution >= 4 is 5.97 Å². The van der Waals surface area contributed by atoms with Gasteiger partial charge >= 0.3 is 35.6 Å². The molecular formula is C10H8F10O2. The van der Waals surface area contributed by atoms with Gasteiger partial charge < -0.3 is 4.74 Å². The Bertz CT molecular complexity index is 437. The predicted octanol–water partition coefficient (Wildman–Crippen LogP) is 3.91. The quantitative estimate of drug-likeness (QED) is 0.395. The zero-order chi connectivity index (χ0) is 18.2. The summed E-state index contributed by atoms with van der Waals surface area (Å²) in [6, 6.07) is 0. The number of ether oxygens (including phenoxy) is 1. The van der Waals surface area contributed by atoms with Crippen molar-refractivity contribution in [3.8, 4) is 0 Å². The van der Waals surface area contributed by atoms with E-state index in [0.717, 1.165) is 0 Å². The van der Waals surface area contributed by atoms with Crippen LogP contribution in [0.15, 0.2) is 12.7 Å². The lowest BCUT2D eigenvalue weighted by Crippen LogP contribution is -2.67. The van der Waals surface area contributed by atoms with Gasteiger partial charge in [0.05, 0.1) is 0 Å². The zero-order valence-electron chi connectivity index (χ0n) is 10.6. The maximum absolute atomic E-state index is 13.0. The van der Waals surface area contributed by atoms with Crippen LogP contribution in [-0.2, 0) is 9.53 Å². The van der Waals surface area contributed by atoms with Crippen molar-refractivity contribution < 1.29 is 53.4 Å². The Morgan fingerprint density at radius 2 is 1.32 bits per heavy atom. The van der Waals surface area contributed by atoms with Gasteiger partial charge in [0, 0.05) is 13.0 Å². The van der Waals surface area contributed by atoms with Gasteiger partial charge in [0.1, 0.15) is 0 Å². The third-order valence-corrected chi connectivity index (χ3v) is 2.36. The molecule has 0 saturated heterocycles. The number of hydrogen-bond donors (Lipinski definition) is 0. The molecule has 0 aromatic rings. The zero-order valence-corrected chi connectivity index (χ0v) is 10.6. The fraction of sp³-hybridized carbons (Fsp3) is 0.700. The first-order valence-corrected chi connectivity index (χ1v) is 5.14. The number of hydrogen-bond acceptors (Lipinski definition) is 2. The van der Waals surface area contributed by atoms with Crippen LogP contribution in [0.3, 0.4) is 0 Å². The summed E-state index contributed by atoms with van der Waals surface area (Å²) in [7, 11) is 0. The van der Waals surface area contributed by atoms with Crippen LogP contribution in [0.25, 0.3) is 0 Å². The van der Waals surface area contributed by atoms with E-state index in [2.05, 4.69) is 11.3 Å². The lowest BCUT2D eigenvalue weighted by Gasteiger charge is -2.38. The molecule has 0 saturated carbocycles. The molecule has 0 spiro atoms. The Labute approximate surface area is 116 Å². The fourth-order valence-corrected chi connectivity index (χ4v) is 1.01. The molecule has 0 fully saturated rings. The van der Waals surface area contributed by atoms with Crippen molar-refractivity contribution in [1.82, 2.24) is 0 Å². The van der Waals surface area contributed by atoms with Gasteiger partial charge in [-0.3, -0.25) is 0 Å². The molecule has 12 heteroatoms. The molecule has 0 amide bonds. The highest BCUT2D eigenvalue weighted by molar-refractivity contribution is 5.81. The molecule has 0 atom stereocenters. The van der Waals surface area contributed by atoms with Gasteiger partial charge in [-0.15, -0.1) is 0 Å². The number of carbonyl (C=O) groups excluding carboxylic acids is 1. The van der Waals surface area contributed by atoms with E-state index >= 15 is 0 Å². The SMILES string of the molecule is C=CC(=O)OCC(F)(F)C(F)(F)C(F)(F)C(F)(F)C(C)(F)F. The monoisotopic (exact) mass is 350 g/mol. The van der Waals surface area contributed by atoms with Gasteiger partial charge in [-0.25, -0.2) is 4.79 Å². The van der Waals surface area contributed by atoms with Crippen LogP contribution < -0.4 is 0 Å². The van der Waals surface area contributed by atoms with E-state index in [1.54, 1.807) is 0 Å². The number of carbonyl (C=O) groups is 1. The van der Waals surface area contributed by atoms with Crippen molar-refractivity contribution in [2.45, 2.75) is 36.5 Å². The third-order valence-electron chi connectivity index (χ3n) is 2.36. The predicted molar refractivity (Wildman–Crippen MR) is 51.6 cm³/mol. The van der Waals surface area contributed by atoms with Crippen LogP contribution in [0.4, 0.5) is 43.9 Å². The second-order valence-corrected chi connectivity index (χ2v) is 4.13. The molecule has 0 aromatic heterocycles. The van der Waals surface area contributed by atoms with E-state index in [1.807, 2.05) is 0 Å². The van der Waals surface area contributed by atoms with Gasteiger partial charge in [-0.1, -0.05) is 6.58 Å². The maximum Gasteiger partial charge on any atom is 0.384 e. The minimum Gasteiger partial charge on any atom is -0.456 e. The Balaban J connectivity index is 5.68. The van der Waals surface area contributed by atoms with Crippen LogP contribution in [-0.4, -0.2) is 42.2 Å². The fourth-order valence-electron chi connectivity index (χ4n) is 1.01. The molecule has 0 bridgehead atoms. The van der Waals surface area contributed by atoms with E-state index in [9.17, 15) is 48.7 Å². The van der Waals surface area contributed by atoms with Crippen molar-refractivity contribution in [3.63, 3.8) is 0 Å². The molecule has 0 aliphatic heterocycles. The van der Waals surface area contributed by atoms with Gasteiger partial charge in [0.2, 0.25) is 0 Å². The molecule has 0 unspecified atom stereocenters. The van der Waals surface area contributed by atoms with Gasteiger partial charge in [0.15, 0.2) is 6.61 Å². The Morgan fingerprint density at radius 3 is 1.64 bits per heavy atom. The van der Waals surface area contributed by atoms with Crippen molar-refractivity contribution in [2.24, 2.45) is 0 Å². The maximum atomic E-state index is 13.0. The molecule has 0 aliphatic rings. The van der Waals surface area contributed by atoms with E-state index in [4.69, 9.17) is 0 Å². The highest BCUT2D eigenvalue weighted by Gasteiger charge is 2.85. The summed E-state index contributed by atoms with van der Waals surface area (Å²) in [5.41, 5.74) is 0. The number of alkyl halides is 10. The van der Waals surface area contributed by atoms with Crippen molar-refractivity contribution in [3.05, 3.63) is 12.7 Å². The van der Waals surface area contributed by atoms with Crippen LogP contribution in [0.2, 0.25) is 0 Å². The highest BCUT2D eigenvalue weighted by atomic mass is 19.4. The van der Waals surface area contributed by atoms with Crippen LogP contribution in [0, 0.1) is 0 Å². The first kappa shape index (κ1) is 20.5. The van der Waals surface area contributed by atoms with E-state index in [-0.39, 0.29) is 6.08 Å². The summed E-state index contributed by atoms with van der Waals surface area (Å²) in [6.45, 7) is -0.915. The third kappa shape index (κ3) is 3.14. The van der Waals surface area contributed by atoms with E-state index in [0.29, 0.717) is 0 Å². The first-order valence-electron chi connectivity index (χ1n) is 5.14. The summed E-state index contributed by atoms with van der Waals surface area (Å²) in [6.07, 6.45) is 0.196. The van der Waals surface area contributed by atoms with Gasteiger partial charge in [-0.2, -0.15) is 43.9 Å². The molecule has 0 heterocycles. The van der Waals surface area contributed by atoms with Crippen LogP contribution in [0.5, 0.6) is 0 Å². The summed E-state index contributed by atoms with van der Waals surface area (Å²) >= 11 is 0. The normalized spacial score (nSPS) is 14.7. The minimum atomic E-state index is -7.14. The van der Waals surface area contributed by atoms with Crippen molar-refractivity contribution in [1.29, 1.82) is 0 Å². The highest BCUT2D eigenvalue weighted by Crippen LogP contribution is 2.56. The van der Waals surface area contributed by atoms with E-state index < -0.39 is 49.1 Å². The number of esters is 1. The van der Waals surface area contributed by atoms with Gasteiger partial charge in [-0.05, 0) is 0 Å². The second kappa shape index (κ2) is 5.61. The van der Waals surface area contributed by atoms with Crippen LogP contribution in [0.1, 0.15) is 6.92 Å². The van der Waals surface area contributed by atoms with Crippen molar-refractivity contribution in [2.75, 3.05) is 6.61 Å². The molecule has 0 aromatic carbocycles. The second-order valence-electron chi connectivity index (χ2n) is 4.13. The Morgan fingerprint density at radius 1 is 0.909 bits per heavy atom. The first-order chi connectivity index (χ1) is 9.45. The topological polar surface area (TPSA) is 26.3 Å². The van der Waals surface area contributed by atoms with Crippen LogP contribution >= 0.6 is 0 Å². The minimum absolute atomic E-state index is 0.196. The lowest BCUT2D eigenvalue weighted by molar-refractivity contribution is -0.401. The summed E-state index contributed by atoms with van der Waals surface area (Å²) in [4.78, 5) is 10.4. The average molecular weight is 350 g/mol. The molecule has 0 N–H and O–H groups in total. The molecule has 2 nitrogen and oxygen atoms in total.